The molecule has 0 N–H and O–H groups in total. The summed E-state index contributed by atoms with van der Waals surface area (Å²) >= 11 is 0. The molecule has 148 valence electrons. The first-order chi connectivity index (χ1) is 13.2. The lowest BCUT2D eigenvalue weighted by molar-refractivity contribution is -2.00. The van der Waals surface area contributed by atoms with Crippen LogP contribution >= 0.6 is 0 Å². The summed E-state index contributed by atoms with van der Waals surface area (Å²) in [7, 11) is -1.62. The SMILES string of the molecule is COc1ccc(-c2cc(C)cc(-c3ccc(OC)cc3)[o+]2)cc1.[O-][Cl+3]([O-])([O-])[O-]. The minimum absolute atomic E-state index is 0.830. The van der Waals surface area contributed by atoms with E-state index >= 15 is 0 Å². The molecular weight excluding hydrogens is 388 g/mol. The molecule has 3 rings (SSSR count). The van der Waals surface area contributed by atoms with Gasteiger partial charge in [-0.05, 0) is 61.0 Å². The Kier molecular flexibility index (Phi) is 7.33. The highest BCUT2D eigenvalue weighted by Crippen LogP contribution is 2.30. The lowest BCUT2D eigenvalue weighted by Crippen LogP contribution is -2.68. The molecule has 0 saturated heterocycles. The number of rotatable bonds is 4. The zero-order chi connectivity index (χ0) is 20.7. The summed E-state index contributed by atoms with van der Waals surface area (Å²) in [6.07, 6.45) is 0. The van der Waals surface area contributed by atoms with Crippen molar-refractivity contribution in [3.63, 3.8) is 0 Å². The minimum Gasteiger partial charge on any atom is -0.497 e. The van der Waals surface area contributed by atoms with Crippen molar-refractivity contribution in [2.75, 3.05) is 14.2 Å². The van der Waals surface area contributed by atoms with Crippen LogP contribution in [0.25, 0.3) is 22.6 Å². The van der Waals surface area contributed by atoms with Crippen LogP contribution in [0.1, 0.15) is 5.56 Å². The van der Waals surface area contributed by atoms with Gasteiger partial charge in [0, 0.05) is 12.1 Å². The van der Waals surface area contributed by atoms with Crippen LogP contribution < -0.4 is 28.1 Å². The van der Waals surface area contributed by atoms with Crippen molar-refractivity contribution in [1.29, 1.82) is 0 Å². The minimum atomic E-state index is -4.94. The average molecular weight is 407 g/mol. The first-order valence-corrected chi connectivity index (χ1v) is 9.28. The third-order valence-corrected chi connectivity index (χ3v) is 3.69. The van der Waals surface area contributed by atoms with Gasteiger partial charge in [0.25, 0.3) is 0 Å². The van der Waals surface area contributed by atoms with Gasteiger partial charge in [0.15, 0.2) is 0 Å². The van der Waals surface area contributed by atoms with Crippen LogP contribution in [-0.4, -0.2) is 14.2 Å². The zero-order valence-corrected chi connectivity index (χ0v) is 16.3. The Balaban J connectivity index is 0.000000500. The van der Waals surface area contributed by atoms with Crippen LogP contribution in [0.5, 0.6) is 11.5 Å². The van der Waals surface area contributed by atoms with E-state index in [1.807, 2.05) is 60.7 Å². The number of aryl methyl sites for hydroxylation is 1. The first-order valence-electron chi connectivity index (χ1n) is 8.05. The summed E-state index contributed by atoms with van der Waals surface area (Å²) in [6.45, 7) is 2.07. The van der Waals surface area contributed by atoms with Crippen LogP contribution in [0.15, 0.2) is 65.1 Å². The second kappa shape index (κ2) is 9.50. The molecule has 1 heterocycles. The van der Waals surface area contributed by atoms with E-state index in [9.17, 15) is 0 Å². The van der Waals surface area contributed by atoms with Crippen LogP contribution in [-0.2, 0) is 0 Å². The highest BCUT2D eigenvalue weighted by atomic mass is 35.7. The van der Waals surface area contributed by atoms with Crippen LogP contribution in [0.4, 0.5) is 0 Å². The van der Waals surface area contributed by atoms with Gasteiger partial charge in [-0.15, -0.1) is 10.2 Å². The third-order valence-electron chi connectivity index (χ3n) is 3.69. The second-order valence-corrected chi connectivity index (χ2v) is 6.45. The predicted molar refractivity (Wildman–Crippen MR) is 91.8 cm³/mol. The molecule has 3 aromatic rings. The molecule has 8 heteroatoms. The predicted octanol–water partition coefficient (Wildman–Crippen LogP) is 0.464. The summed E-state index contributed by atoms with van der Waals surface area (Å²) in [6, 6.07) is 19.8. The largest absolute Gasteiger partial charge is 0.497 e. The average Bonchev–Trinajstić information content (AvgIpc) is 2.66. The molecule has 2 aromatic carbocycles. The fourth-order valence-electron chi connectivity index (χ4n) is 2.43. The van der Waals surface area contributed by atoms with Gasteiger partial charge in [0.2, 0.25) is 0 Å². The highest BCUT2D eigenvalue weighted by molar-refractivity contribution is 5.65. The van der Waals surface area contributed by atoms with E-state index in [0.717, 1.165) is 39.7 Å². The molecule has 0 aliphatic heterocycles. The smallest absolute Gasteiger partial charge is 0.361 e. The first kappa shape index (κ1) is 21.6. The van der Waals surface area contributed by atoms with E-state index in [0.29, 0.717) is 0 Å². The van der Waals surface area contributed by atoms with Crippen LogP contribution in [0.3, 0.4) is 0 Å². The molecular formula is C20H19ClO7. The molecule has 0 amide bonds. The zero-order valence-electron chi connectivity index (χ0n) is 15.5. The Morgan fingerprint density at radius 3 is 1.29 bits per heavy atom. The van der Waals surface area contributed by atoms with E-state index in [4.69, 9.17) is 32.5 Å². The van der Waals surface area contributed by atoms with Gasteiger partial charge >= 0.3 is 11.5 Å². The molecule has 0 spiro atoms. The van der Waals surface area contributed by atoms with Gasteiger partial charge in [0.05, 0.1) is 25.3 Å². The Morgan fingerprint density at radius 1 is 0.679 bits per heavy atom. The number of halogens is 1. The summed E-state index contributed by atoms with van der Waals surface area (Å²) in [4.78, 5) is 0. The molecule has 0 aliphatic rings. The van der Waals surface area contributed by atoms with Crippen molar-refractivity contribution in [3.8, 4) is 34.1 Å². The number of hydrogen-bond donors (Lipinski definition) is 0. The highest BCUT2D eigenvalue weighted by Gasteiger charge is 2.18. The summed E-state index contributed by atoms with van der Waals surface area (Å²) in [5, 5.41) is 0. The van der Waals surface area contributed by atoms with E-state index < -0.39 is 10.2 Å². The molecule has 0 radical (unpaired) electrons. The molecule has 0 unspecified atom stereocenters. The Bertz CT molecular complexity index is 816. The summed E-state index contributed by atoms with van der Waals surface area (Å²) < 4.78 is 50.5. The van der Waals surface area contributed by atoms with Crippen molar-refractivity contribution in [2.45, 2.75) is 6.92 Å². The summed E-state index contributed by atoms with van der Waals surface area (Å²) in [5.74, 6) is 3.32. The maximum atomic E-state index is 8.49. The fraction of sp³-hybridized carbons (Fsp3) is 0.150. The molecule has 0 fully saturated rings. The normalized spacial score (nSPS) is 10.7. The Labute approximate surface area is 164 Å². The second-order valence-electron chi connectivity index (χ2n) is 5.70. The van der Waals surface area contributed by atoms with Gasteiger partial charge in [-0.1, -0.05) is 0 Å². The number of ether oxygens (including phenoxy) is 2. The lowest BCUT2D eigenvalue weighted by atomic mass is 10.1. The number of hydrogen-bond acceptors (Lipinski definition) is 6. The topological polar surface area (TPSA) is 122 Å². The molecule has 28 heavy (non-hydrogen) atoms. The quantitative estimate of drug-likeness (QED) is 0.577. The van der Waals surface area contributed by atoms with E-state index in [-0.39, 0.29) is 0 Å². The van der Waals surface area contributed by atoms with Crippen molar-refractivity contribution < 1.29 is 42.8 Å². The van der Waals surface area contributed by atoms with Gasteiger partial charge in [-0.3, -0.25) is 0 Å². The molecule has 0 aliphatic carbocycles. The number of benzene rings is 2. The van der Waals surface area contributed by atoms with Crippen molar-refractivity contribution in [1.82, 2.24) is 0 Å². The van der Waals surface area contributed by atoms with E-state index in [1.165, 1.54) is 0 Å². The molecule has 0 bridgehead atoms. The molecule has 7 nitrogen and oxygen atoms in total. The van der Waals surface area contributed by atoms with Gasteiger partial charge in [0.1, 0.15) is 11.5 Å². The molecule has 1 aromatic heterocycles. The fourth-order valence-corrected chi connectivity index (χ4v) is 2.43. The monoisotopic (exact) mass is 406 g/mol. The van der Waals surface area contributed by atoms with E-state index in [2.05, 4.69) is 6.92 Å². The maximum absolute atomic E-state index is 8.49. The Morgan fingerprint density at radius 2 is 1.00 bits per heavy atom. The molecule has 0 saturated carbocycles. The van der Waals surface area contributed by atoms with Gasteiger partial charge in [-0.25, -0.2) is 23.1 Å². The summed E-state index contributed by atoms with van der Waals surface area (Å²) in [5.41, 5.74) is 3.18. The van der Waals surface area contributed by atoms with Crippen molar-refractivity contribution in [3.05, 3.63) is 66.2 Å². The number of methoxy groups -OCH3 is 2. The van der Waals surface area contributed by atoms with Crippen molar-refractivity contribution in [2.24, 2.45) is 0 Å². The Hall–Kier alpha value is -2.68. The van der Waals surface area contributed by atoms with Crippen LogP contribution in [0.2, 0.25) is 0 Å². The van der Waals surface area contributed by atoms with Crippen molar-refractivity contribution >= 4 is 0 Å². The van der Waals surface area contributed by atoms with Gasteiger partial charge < -0.3 is 9.47 Å². The van der Waals surface area contributed by atoms with E-state index in [1.54, 1.807) is 14.2 Å². The maximum Gasteiger partial charge on any atom is 0.361 e. The molecule has 0 atom stereocenters. The van der Waals surface area contributed by atoms with Gasteiger partial charge in [-0.2, -0.15) is 0 Å². The lowest BCUT2D eigenvalue weighted by Gasteiger charge is -2.17. The van der Waals surface area contributed by atoms with Crippen LogP contribution in [0, 0.1) is 17.2 Å². The third kappa shape index (κ3) is 6.80. The standard InChI is InChI=1S/C20H19O3.ClHO4/c1-14-12-19(15-4-8-17(21-2)9-5-15)23-20(13-14)16-6-10-18(22-3)11-7-16;2-1(3,4)5/h4-13H,1-3H3;(H,2,3,4,5)/q+1;/p-1.